The van der Waals surface area contributed by atoms with Crippen LogP contribution in [0.25, 0.3) is 5.70 Å². The molecule has 5 nitrogen and oxygen atoms in total. The van der Waals surface area contributed by atoms with Gasteiger partial charge in [-0.3, -0.25) is 15.1 Å². The molecule has 2 aromatic rings. The SMILES string of the molecule is CCSC1=NN2C(=c3ccccc3=NC2c2cccs2)C(=O)N1. The molecule has 0 aliphatic carbocycles. The predicted molar refractivity (Wildman–Crippen MR) is 93.2 cm³/mol. The number of nitrogens with zero attached hydrogens (tertiary/aromatic N) is 3. The number of para-hydroxylation sites is 1. The van der Waals surface area contributed by atoms with E-state index in [2.05, 4.69) is 10.4 Å². The van der Waals surface area contributed by atoms with Crippen molar-refractivity contribution in [1.82, 2.24) is 10.3 Å². The van der Waals surface area contributed by atoms with Gasteiger partial charge in [0.05, 0.1) is 10.2 Å². The summed E-state index contributed by atoms with van der Waals surface area (Å²) in [4.78, 5) is 18.6. The van der Waals surface area contributed by atoms with Gasteiger partial charge in [0, 0.05) is 5.22 Å². The molecule has 1 unspecified atom stereocenters. The highest BCUT2D eigenvalue weighted by atomic mass is 32.2. The molecule has 0 bridgehead atoms. The summed E-state index contributed by atoms with van der Waals surface area (Å²) in [5.41, 5.74) is 0.564. The number of fused-ring (bicyclic) bond motifs is 2. The first-order chi connectivity index (χ1) is 11.3. The summed E-state index contributed by atoms with van der Waals surface area (Å²) < 4.78 is 0. The number of hydrogen-bond acceptors (Lipinski definition) is 6. The lowest BCUT2D eigenvalue weighted by Crippen LogP contribution is -2.50. The molecule has 2 aliphatic heterocycles. The van der Waals surface area contributed by atoms with Crippen molar-refractivity contribution in [2.75, 3.05) is 5.75 Å². The van der Waals surface area contributed by atoms with Crippen LogP contribution in [0.5, 0.6) is 0 Å². The number of rotatable bonds is 2. The molecule has 2 aliphatic rings. The van der Waals surface area contributed by atoms with Crippen LogP contribution in [-0.2, 0) is 4.79 Å². The van der Waals surface area contributed by atoms with Crippen molar-refractivity contribution >= 4 is 39.9 Å². The van der Waals surface area contributed by atoms with Gasteiger partial charge in [-0.25, -0.2) is 5.01 Å². The summed E-state index contributed by atoms with van der Waals surface area (Å²) in [5, 5.41) is 13.6. The Balaban J connectivity index is 1.96. The maximum atomic E-state index is 12.7. The van der Waals surface area contributed by atoms with Gasteiger partial charge in [0.1, 0.15) is 5.70 Å². The van der Waals surface area contributed by atoms with Gasteiger partial charge >= 0.3 is 0 Å². The minimum atomic E-state index is -0.293. The highest BCUT2D eigenvalue weighted by Gasteiger charge is 2.34. The van der Waals surface area contributed by atoms with Crippen LogP contribution >= 0.6 is 23.1 Å². The van der Waals surface area contributed by atoms with Gasteiger partial charge in [-0.05, 0) is 23.3 Å². The average molecular weight is 342 g/mol. The Bertz CT molecular complexity index is 904. The highest BCUT2D eigenvalue weighted by Crippen LogP contribution is 2.32. The smallest absolute Gasteiger partial charge is 0.276 e. The van der Waals surface area contributed by atoms with Gasteiger partial charge in [-0.15, -0.1) is 16.4 Å². The zero-order chi connectivity index (χ0) is 15.8. The number of carbonyl (C=O) groups excluding carboxylic acids is 1. The fourth-order valence-electron chi connectivity index (χ4n) is 2.65. The van der Waals surface area contributed by atoms with E-state index in [0.717, 1.165) is 21.2 Å². The van der Waals surface area contributed by atoms with Crippen LogP contribution in [0.3, 0.4) is 0 Å². The Kier molecular flexibility index (Phi) is 3.66. The van der Waals surface area contributed by atoms with Gasteiger partial charge < -0.3 is 0 Å². The van der Waals surface area contributed by atoms with E-state index >= 15 is 0 Å². The van der Waals surface area contributed by atoms with E-state index in [1.54, 1.807) is 16.3 Å². The number of carbonyl (C=O) groups is 1. The number of nitrogens with one attached hydrogen (secondary N) is 1. The largest absolute Gasteiger partial charge is 0.298 e. The van der Waals surface area contributed by atoms with Gasteiger partial charge in [-0.1, -0.05) is 43.0 Å². The standard InChI is InChI=1S/C16H14N4OS2/c1-2-22-16-18-15(21)13-10-6-3-4-7-11(10)17-14(20(13)19-16)12-8-5-9-23-12/h3-9,14H,2H2,1H3,(H,18,19,21). The second kappa shape index (κ2) is 5.82. The van der Waals surface area contributed by atoms with Crippen molar-refractivity contribution in [2.45, 2.75) is 13.1 Å². The van der Waals surface area contributed by atoms with E-state index in [0.29, 0.717) is 10.9 Å². The quantitative estimate of drug-likeness (QED) is 0.903. The predicted octanol–water partition coefficient (Wildman–Crippen LogP) is 1.64. The van der Waals surface area contributed by atoms with Crippen molar-refractivity contribution < 1.29 is 4.79 Å². The third kappa shape index (κ3) is 2.46. The van der Waals surface area contributed by atoms with Crippen molar-refractivity contribution in [3.63, 3.8) is 0 Å². The fourth-order valence-corrected chi connectivity index (χ4v) is 3.98. The zero-order valence-electron chi connectivity index (χ0n) is 12.4. The van der Waals surface area contributed by atoms with Crippen LogP contribution in [0.1, 0.15) is 18.0 Å². The third-order valence-corrected chi connectivity index (χ3v) is 5.25. The van der Waals surface area contributed by atoms with Gasteiger partial charge in [0.2, 0.25) is 0 Å². The van der Waals surface area contributed by atoms with Crippen LogP contribution in [-0.4, -0.2) is 21.8 Å². The Morgan fingerprint density at radius 3 is 2.96 bits per heavy atom. The summed E-state index contributed by atoms with van der Waals surface area (Å²) in [6.07, 6.45) is -0.293. The Morgan fingerprint density at radius 1 is 1.30 bits per heavy atom. The molecule has 1 atom stereocenters. The molecule has 7 heteroatoms. The molecule has 116 valence electrons. The van der Waals surface area contributed by atoms with Crippen molar-refractivity contribution in [1.29, 1.82) is 0 Å². The molecule has 0 spiro atoms. The zero-order valence-corrected chi connectivity index (χ0v) is 14.0. The Labute approximate surface area is 141 Å². The molecule has 1 amide bonds. The van der Waals surface area contributed by atoms with Crippen molar-refractivity contribution in [3.8, 4) is 0 Å². The van der Waals surface area contributed by atoms with E-state index in [-0.39, 0.29) is 12.1 Å². The molecule has 1 N–H and O–H groups in total. The number of thioether (sulfide) groups is 1. The van der Waals surface area contributed by atoms with Gasteiger partial charge in [0.25, 0.3) is 5.91 Å². The molecule has 0 fully saturated rings. The van der Waals surface area contributed by atoms with E-state index in [4.69, 9.17) is 4.99 Å². The number of hydrazone groups is 1. The number of amides is 1. The first-order valence-corrected chi connectivity index (χ1v) is 9.17. The van der Waals surface area contributed by atoms with Gasteiger partial charge in [0.15, 0.2) is 11.3 Å². The molecular formula is C16H14N4OS2. The summed E-state index contributed by atoms with van der Waals surface area (Å²) in [6.45, 7) is 2.03. The first-order valence-electron chi connectivity index (χ1n) is 7.30. The molecule has 23 heavy (non-hydrogen) atoms. The summed E-state index contributed by atoms with van der Waals surface area (Å²) in [7, 11) is 0. The van der Waals surface area contributed by atoms with Crippen molar-refractivity contribution in [2.24, 2.45) is 10.1 Å². The van der Waals surface area contributed by atoms with E-state index < -0.39 is 0 Å². The van der Waals surface area contributed by atoms with Gasteiger partial charge in [-0.2, -0.15) is 0 Å². The summed E-state index contributed by atoms with van der Waals surface area (Å²) in [6, 6.07) is 11.7. The molecule has 0 radical (unpaired) electrons. The Morgan fingerprint density at radius 2 is 2.17 bits per heavy atom. The summed E-state index contributed by atoms with van der Waals surface area (Å²) in [5.74, 6) is 0.722. The van der Waals surface area contributed by atoms with Crippen LogP contribution in [0, 0.1) is 0 Å². The van der Waals surface area contributed by atoms with Crippen LogP contribution in [0.2, 0.25) is 0 Å². The Hall–Kier alpha value is -2.12. The van der Waals surface area contributed by atoms with Crippen LogP contribution < -0.4 is 15.9 Å². The molecule has 1 aromatic carbocycles. The lowest BCUT2D eigenvalue weighted by molar-refractivity contribution is -0.116. The highest BCUT2D eigenvalue weighted by molar-refractivity contribution is 8.13. The second-order valence-electron chi connectivity index (χ2n) is 5.02. The number of benzene rings is 1. The molecule has 4 rings (SSSR count). The second-order valence-corrected chi connectivity index (χ2v) is 7.25. The first kappa shape index (κ1) is 14.5. The number of amidine groups is 1. The maximum Gasteiger partial charge on any atom is 0.276 e. The molecule has 3 heterocycles. The minimum Gasteiger partial charge on any atom is -0.298 e. The topological polar surface area (TPSA) is 57.1 Å². The van der Waals surface area contributed by atoms with E-state index in [9.17, 15) is 4.79 Å². The molecular weight excluding hydrogens is 328 g/mol. The summed E-state index contributed by atoms with van der Waals surface area (Å²) >= 11 is 3.14. The van der Waals surface area contributed by atoms with Crippen molar-refractivity contribution in [3.05, 3.63) is 57.2 Å². The number of hydrogen-bond donors (Lipinski definition) is 1. The monoisotopic (exact) mass is 342 g/mol. The van der Waals surface area contributed by atoms with Crippen LogP contribution in [0.4, 0.5) is 0 Å². The van der Waals surface area contributed by atoms with E-state index in [1.807, 2.05) is 48.7 Å². The lowest BCUT2D eigenvalue weighted by Gasteiger charge is -2.33. The molecule has 1 aromatic heterocycles. The van der Waals surface area contributed by atoms with Crippen LogP contribution in [0.15, 0.2) is 51.9 Å². The normalized spacial score (nSPS) is 19.4. The lowest BCUT2D eigenvalue weighted by atomic mass is 10.1. The third-order valence-electron chi connectivity index (χ3n) is 3.59. The maximum absolute atomic E-state index is 12.7. The molecule has 0 saturated heterocycles. The number of thiophene rings is 1. The fraction of sp³-hybridized carbons (Fsp3) is 0.188. The molecule has 0 saturated carbocycles. The average Bonchev–Trinajstić information content (AvgIpc) is 3.08. The van der Waals surface area contributed by atoms with E-state index in [1.165, 1.54) is 11.8 Å². The minimum absolute atomic E-state index is 0.125.